The van der Waals surface area contributed by atoms with E-state index in [0.717, 1.165) is 29.7 Å². The molecule has 0 aliphatic rings. The summed E-state index contributed by atoms with van der Waals surface area (Å²) in [7, 11) is 0. The second-order valence-corrected chi connectivity index (χ2v) is 4.90. The van der Waals surface area contributed by atoms with Crippen LogP contribution in [0, 0.1) is 6.92 Å². The summed E-state index contributed by atoms with van der Waals surface area (Å²) < 4.78 is 3.12. The summed E-state index contributed by atoms with van der Waals surface area (Å²) in [5.41, 5.74) is 2.24. The molecule has 0 spiro atoms. The normalized spacial score (nSPS) is 13.1. The van der Waals surface area contributed by atoms with Crippen LogP contribution in [0.25, 0.3) is 0 Å². The Morgan fingerprint density at radius 3 is 2.69 bits per heavy atom. The van der Waals surface area contributed by atoms with Crippen LogP contribution in [0.5, 0.6) is 0 Å². The number of nitrogens with one attached hydrogen (secondary N) is 1. The Hall–Kier alpha value is -0.0600. The Morgan fingerprint density at radius 1 is 1.50 bits per heavy atom. The molecule has 1 N–H and O–H groups in total. The summed E-state index contributed by atoms with van der Waals surface area (Å²) in [5, 5.41) is 7.90. The molecule has 1 atom stereocenters. The zero-order chi connectivity index (χ0) is 12.1. The fourth-order valence-corrected chi connectivity index (χ4v) is 2.34. The third-order valence-corrected chi connectivity index (χ3v) is 4.09. The molecule has 1 heterocycles. The summed E-state index contributed by atoms with van der Waals surface area (Å²) in [6, 6.07) is 0.370. The van der Waals surface area contributed by atoms with Crippen molar-refractivity contribution in [3.63, 3.8) is 0 Å². The molecule has 5 heteroatoms. The molecule has 3 nitrogen and oxygen atoms in total. The summed E-state index contributed by atoms with van der Waals surface area (Å²) in [6.07, 6.45) is 1.04. The second kappa shape index (κ2) is 6.62. The van der Waals surface area contributed by atoms with Crippen LogP contribution in [0.2, 0.25) is 0 Å². The molecule has 0 aromatic carbocycles. The Morgan fingerprint density at radius 2 is 2.19 bits per heavy atom. The van der Waals surface area contributed by atoms with Gasteiger partial charge in [0.25, 0.3) is 0 Å². The summed E-state index contributed by atoms with van der Waals surface area (Å²) in [6.45, 7) is 7.94. The molecule has 1 unspecified atom stereocenters. The summed E-state index contributed by atoms with van der Waals surface area (Å²) >= 11 is 9.44. The van der Waals surface area contributed by atoms with E-state index in [4.69, 9.17) is 11.6 Å². The van der Waals surface area contributed by atoms with Gasteiger partial charge in [-0.1, -0.05) is 6.92 Å². The van der Waals surface area contributed by atoms with Gasteiger partial charge in [0.1, 0.15) is 0 Å². The number of aryl methyl sites for hydroxylation is 2. The lowest BCUT2D eigenvalue weighted by Gasteiger charge is -2.14. The minimum atomic E-state index is 0.370. The topological polar surface area (TPSA) is 29.9 Å². The molecule has 1 aromatic heterocycles. The van der Waals surface area contributed by atoms with E-state index in [1.54, 1.807) is 0 Å². The van der Waals surface area contributed by atoms with E-state index in [0.29, 0.717) is 11.9 Å². The van der Waals surface area contributed by atoms with E-state index in [-0.39, 0.29) is 0 Å². The van der Waals surface area contributed by atoms with Gasteiger partial charge in [-0.25, -0.2) is 0 Å². The number of rotatable bonds is 6. The first-order chi connectivity index (χ1) is 7.63. The highest BCUT2D eigenvalue weighted by Crippen LogP contribution is 2.21. The fourth-order valence-electron chi connectivity index (χ4n) is 1.59. The van der Waals surface area contributed by atoms with E-state index in [9.17, 15) is 0 Å². The molecule has 0 saturated carbocycles. The van der Waals surface area contributed by atoms with Crippen LogP contribution >= 0.6 is 27.5 Å². The van der Waals surface area contributed by atoms with Gasteiger partial charge in [-0.3, -0.25) is 4.68 Å². The largest absolute Gasteiger partial charge is 0.307 e. The molecule has 0 amide bonds. The average Bonchev–Trinajstić information content (AvgIpc) is 2.57. The Labute approximate surface area is 111 Å². The SMILES string of the molecule is CCC(CCl)NCc1c(Br)c(C)nn1CC. The quantitative estimate of drug-likeness (QED) is 0.819. The number of hydrogen-bond acceptors (Lipinski definition) is 2. The predicted octanol–water partition coefficient (Wildman–Crippen LogP) is 3.08. The number of aromatic nitrogens is 2. The number of nitrogens with zero attached hydrogens (tertiary/aromatic N) is 2. The van der Waals surface area contributed by atoms with Crippen molar-refractivity contribution in [3.8, 4) is 0 Å². The first kappa shape index (κ1) is 14.0. The van der Waals surface area contributed by atoms with E-state index in [1.807, 2.05) is 11.6 Å². The molecule has 0 radical (unpaired) electrons. The number of halogens is 2. The lowest BCUT2D eigenvalue weighted by atomic mass is 10.2. The minimum absolute atomic E-state index is 0.370. The van der Waals surface area contributed by atoms with Crippen molar-refractivity contribution >= 4 is 27.5 Å². The van der Waals surface area contributed by atoms with Gasteiger partial charge in [0.15, 0.2) is 0 Å². The van der Waals surface area contributed by atoms with Crippen LogP contribution in [-0.4, -0.2) is 21.7 Å². The first-order valence-electron chi connectivity index (χ1n) is 5.65. The monoisotopic (exact) mass is 307 g/mol. The van der Waals surface area contributed by atoms with Gasteiger partial charge in [0.05, 0.1) is 15.9 Å². The highest BCUT2D eigenvalue weighted by Gasteiger charge is 2.13. The zero-order valence-electron chi connectivity index (χ0n) is 10.1. The highest BCUT2D eigenvalue weighted by atomic mass is 79.9. The lowest BCUT2D eigenvalue weighted by molar-refractivity contribution is 0.508. The van der Waals surface area contributed by atoms with Gasteiger partial charge >= 0.3 is 0 Å². The third-order valence-electron chi connectivity index (χ3n) is 2.69. The van der Waals surface area contributed by atoms with E-state index in [1.165, 1.54) is 5.69 Å². The van der Waals surface area contributed by atoms with Crippen molar-refractivity contribution in [1.29, 1.82) is 0 Å². The maximum absolute atomic E-state index is 5.86. The molecule has 92 valence electrons. The fraction of sp³-hybridized carbons (Fsp3) is 0.727. The molecular weight excluding hydrogens is 289 g/mol. The standard InChI is InChI=1S/C11H19BrClN3/c1-4-9(6-13)14-7-10-11(12)8(3)15-16(10)5-2/h9,14H,4-7H2,1-3H3. The summed E-state index contributed by atoms with van der Waals surface area (Å²) in [5.74, 6) is 0.646. The Kier molecular flexibility index (Phi) is 5.79. The third kappa shape index (κ3) is 3.22. The predicted molar refractivity (Wildman–Crippen MR) is 72.0 cm³/mol. The Balaban J connectivity index is 2.72. The van der Waals surface area contributed by atoms with Crippen molar-refractivity contribution in [1.82, 2.24) is 15.1 Å². The van der Waals surface area contributed by atoms with Gasteiger partial charge in [-0.15, -0.1) is 11.6 Å². The molecule has 1 rings (SSSR count). The van der Waals surface area contributed by atoms with Crippen molar-refractivity contribution in [2.45, 2.75) is 46.3 Å². The van der Waals surface area contributed by atoms with E-state index in [2.05, 4.69) is 40.2 Å². The van der Waals surface area contributed by atoms with Gasteiger partial charge in [0.2, 0.25) is 0 Å². The van der Waals surface area contributed by atoms with Crippen molar-refractivity contribution < 1.29 is 0 Å². The maximum Gasteiger partial charge on any atom is 0.0739 e. The van der Waals surface area contributed by atoms with Crippen molar-refractivity contribution in [2.75, 3.05) is 5.88 Å². The Bertz CT molecular complexity index is 334. The lowest BCUT2D eigenvalue weighted by Crippen LogP contribution is -2.30. The maximum atomic E-state index is 5.86. The van der Waals surface area contributed by atoms with Crippen molar-refractivity contribution in [2.24, 2.45) is 0 Å². The van der Waals surface area contributed by atoms with Gasteiger partial charge in [-0.2, -0.15) is 5.10 Å². The molecule has 0 aliphatic heterocycles. The molecule has 0 fully saturated rings. The van der Waals surface area contributed by atoms with Crippen LogP contribution in [0.4, 0.5) is 0 Å². The smallest absolute Gasteiger partial charge is 0.0739 e. The molecule has 16 heavy (non-hydrogen) atoms. The van der Waals surface area contributed by atoms with Crippen LogP contribution < -0.4 is 5.32 Å². The molecule has 0 saturated heterocycles. The van der Waals surface area contributed by atoms with Crippen molar-refractivity contribution in [3.05, 3.63) is 15.9 Å². The zero-order valence-corrected chi connectivity index (χ0v) is 12.4. The van der Waals surface area contributed by atoms with Crippen LogP contribution in [0.15, 0.2) is 4.47 Å². The molecular formula is C11H19BrClN3. The second-order valence-electron chi connectivity index (χ2n) is 3.80. The van der Waals surface area contributed by atoms with Gasteiger partial charge in [0, 0.05) is 25.0 Å². The average molecular weight is 309 g/mol. The van der Waals surface area contributed by atoms with Gasteiger partial charge in [-0.05, 0) is 36.2 Å². The van der Waals surface area contributed by atoms with Gasteiger partial charge < -0.3 is 5.32 Å². The molecule has 1 aromatic rings. The minimum Gasteiger partial charge on any atom is -0.307 e. The van der Waals surface area contributed by atoms with E-state index >= 15 is 0 Å². The molecule has 0 aliphatic carbocycles. The van der Waals surface area contributed by atoms with E-state index < -0.39 is 0 Å². The van der Waals surface area contributed by atoms with Crippen LogP contribution in [-0.2, 0) is 13.1 Å². The first-order valence-corrected chi connectivity index (χ1v) is 6.97. The van der Waals surface area contributed by atoms with Crippen LogP contribution in [0.3, 0.4) is 0 Å². The van der Waals surface area contributed by atoms with Crippen LogP contribution in [0.1, 0.15) is 31.7 Å². The molecule has 0 bridgehead atoms. The number of hydrogen-bond donors (Lipinski definition) is 1. The summed E-state index contributed by atoms with van der Waals surface area (Å²) in [4.78, 5) is 0. The highest BCUT2D eigenvalue weighted by molar-refractivity contribution is 9.10. The number of alkyl halides is 1.